The van der Waals surface area contributed by atoms with E-state index in [1.807, 2.05) is 6.92 Å². The number of hydrogen-bond donors (Lipinski definition) is 1. The third-order valence-electron chi connectivity index (χ3n) is 2.42. The average Bonchev–Trinajstić information content (AvgIpc) is 2.72. The van der Waals surface area contributed by atoms with Crippen LogP contribution in [0.25, 0.3) is 0 Å². The number of benzene rings is 1. The zero-order valence-electron chi connectivity index (χ0n) is 8.65. The molecule has 0 aliphatic carbocycles. The molecule has 0 aromatic heterocycles. The van der Waals surface area contributed by atoms with Crippen LogP contribution in [0.2, 0.25) is 0 Å². The van der Waals surface area contributed by atoms with Gasteiger partial charge < -0.3 is 14.6 Å². The minimum Gasteiger partial charge on any atom is -0.475 e. The number of Topliss-reactive ketones (excluding diaryl/α,β-unsaturated/α-hetero) is 1. The number of hydrogen-bond acceptors (Lipinski definition) is 4. The fourth-order valence-corrected chi connectivity index (χ4v) is 1.60. The summed E-state index contributed by atoms with van der Waals surface area (Å²) in [5, 5.41) is 8.68. The molecule has 5 nitrogen and oxygen atoms in total. The molecule has 0 atom stereocenters. The molecule has 16 heavy (non-hydrogen) atoms. The predicted molar refractivity (Wildman–Crippen MR) is 53.9 cm³/mol. The Bertz CT molecular complexity index is 464. The van der Waals surface area contributed by atoms with Crippen molar-refractivity contribution < 1.29 is 24.2 Å². The first-order valence-corrected chi connectivity index (χ1v) is 4.83. The van der Waals surface area contributed by atoms with Crippen LogP contribution in [0.3, 0.4) is 0 Å². The number of aliphatic carboxylic acids is 1. The van der Waals surface area contributed by atoms with E-state index in [2.05, 4.69) is 0 Å². The lowest BCUT2D eigenvalue weighted by Crippen LogP contribution is -2.14. The Balaban J connectivity index is 2.52. The topological polar surface area (TPSA) is 72.8 Å². The van der Waals surface area contributed by atoms with Gasteiger partial charge >= 0.3 is 5.97 Å². The van der Waals surface area contributed by atoms with Gasteiger partial charge in [-0.05, 0) is 24.1 Å². The number of carbonyl (C=O) groups is 2. The van der Waals surface area contributed by atoms with E-state index < -0.39 is 11.8 Å². The van der Waals surface area contributed by atoms with E-state index in [4.69, 9.17) is 14.6 Å². The van der Waals surface area contributed by atoms with E-state index in [-0.39, 0.29) is 12.4 Å². The Morgan fingerprint density at radius 1 is 1.31 bits per heavy atom. The molecule has 0 fully saturated rings. The molecular weight excluding hydrogens is 212 g/mol. The Morgan fingerprint density at radius 2 is 1.94 bits per heavy atom. The van der Waals surface area contributed by atoms with Crippen molar-refractivity contribution in [3.8, 4) is 11.5 Å². The van der Waals surface area contributed by atoms with Crippen molar-refractivity contribution in [1.82, 2.24) is 0 Å². The van der Waals surface area contributed by atoms with Crippen LogP contribution >= 0.6 is 0 Å². The van der Waals surface area contributed by atoms with E-state index in [1.54, 1.807) is 6.07 Å². The summed E-state index contributed by atoms with van der Waals surface area (Å²) >= 11 is 0. The highest BCUT2D eigenvalue weighted by atomic mass is 16.7. The molecule has 1 N–H and O–H groups in total. The summed E-state index contributed by atoms with van der Waals surface area (Å²) in [7, 11) is 0. The molecule has 0 amide bonds. The Morgan fingerprint density at radius 3 is 2.50 bits per heavy atom. The number of carbonyl (C=O) groups excluding carboxylic acids is 1. The van der Waals surface area contributed by atoms with Crippen molar-refractivity contribution in [2.24, 2.45) is 0 Å². The number of fused-ring (bicyclic) bond motifs is 1. The summed E-state index contributed by atoms with van der Waals surface area (Å²) in [6.45, 7) is 1.94. The third kappa shape index (κ3) is 1.60. The van der Waals surface area contributed by atoms with Crippen molar-refractivity contribution >= 4 is 11.8 Å². The van der Waals surface area contributed by atoms with E-state index in [0.717, 1.165) is 0 Å². The smallest absolute Gasteiger partial charge is 0.377 e. The van der Waals surface area contributed by atoms with E-state index in [1.165, 1.54) is 6.07 Å². The zero-order chi connectivity index (χ0) is 11.7. The van der Waals surface area contributed by atoms with E-state index in [0.29, 0.717) is 23.5 Å². The molecule has 1 heterocycles. The van der Waals surface area contributed by atoms with Gasteiger partial charge in [0.05, 0.1) is 0 Å². The maximum absolute atomic E-state index is 11.4. The molecule has 0 bridgehead atoms. The lowest BCUT2D eigenvalue weighted by Gasteiger charge is -2.06. The van der Waals surface area contributed by atoms with Crippen molar-refractivity contribution in [3.05, 3.63) is 23.3 Å². The number of aryl methyl sites for hydroxylation is 1. The molecule has 2 rings (SSSR count). The number of carboxylic acids is 1. The minimum absolute atomic E-state index is 0.100. The summed E-state index contributed by atoms with van der Waals surface area (Å²) in [5.74, 6) is -1.41. The van der Waals surface area contributed by atoms with Gasteiger partial charge in [-0.3, -0.25) is 4.79 Å². The van der Waals surface area contributed by atoms with Crippen LogP contribution in [0.15, 0.2) is 12.1 Å². The molecule has 0 saturated carbocycles. The highest BCUT2D eigenvalue weighted by Gasteiger charge is 2.23. The fraction of sp³-hybridized carbons (Fsp3) is 0.273. The van der Waals surface area contributed by atoms with Crippen LogP contribution in [0.1, 0.15) is 22.8 Å². The molecule has 84 valence electrons. The van der Waals surface area contributed by atoms with Gasteiger partial charge in [0.1, 0.15) is 0 Å². The van der Waals surface area contributed by atoms with Crippen LogP contribution in [0.4, 0.5) is 0 Å². The monoisotopic (exact) mass is 222 g/mol. The molecule has 1 aromatic rings. The van der Waals surface area contributed by atoms with E-state index >= 15 is 0 Å². The molecular formula is C11H10O5. The molecule has 0 unspecified atom stereocenters. The molecule has 1 aliphatic rings. The summed E-state index contributed by atoms with van der Waals surface area (Å²) < 4.78 is 10.3. The normalized spacial score (nSPS) is 12.6. The second kappa shape index (κ2) is 3.84. The van der Waals surface area contributed by atoms with Gasteiger partial charge in [0.15, 0.2) is 11.5 Å². The van der Waals surface area contributed by atoms with Gasteiger partial charge in [0.25, 0.3) is 5.78 Å². The SMILES string of the molecule is CCc1cc2c(cc1C(=O)C(=O)O)OCO2. The number of ether oxygens (including phenoxy) is 2. The summed E-state index contributed by atoms with van der Waals surface area (Å²) in [4.78, 5) is 22.1. The molecule has 1 aliphatic heterocycles. The van der Waals surface area contributed by atoms with Crippen LogP contribution < -0.4 is 9.47 Å². The lowest BCUT2D eigenvalue weighted by atomic mass is 10.0. The van der Waals surface area contributed by atoms with Crippen molar-refractivity contribution in [2.45, 2.75) is 13.3 Å². The quantitative estimate of drug-likeness (QED) is 0.615. The first-order chi connectivity index (χ1) is 7.63. The van der Waals surface area contributed by atoms with Gasteiger partial charge in [-0.2, -0.15) is 0 Å². The van der Waals surface area contributed by atoms with Crippen LogP contribution in [0.5, 0.6) is 11.5 Å². The number of ketones is 1. The summed E-state index contributed by atoms with van der Waals surface area (Å²) in [5.41, 5.74) is 0.816. The largest absolute Gasteiger partial charge is 0.475 e. The van der Waals surface area contributed by atoms with Gasteiger partial charge in [-0.25, -0.2) is 4.79 Å². The zero-order valence-corrected chi connectivity index (χ0v) is 8.65. The molecule has 0 spiro atoms. The van der Waals surface area contributed by atoms with Crippen molar-refractivity contribution in [3.63, 3.8) is 0 Å². The van der Waals surface area contributed by atoms with Gasteiger partial charge in [-0.15, -0.1) is 0 Å². The van der Waals surface area contributed by atoms with Crippen molar-refractivity contribution in [2.75, 3.05) is 6.79 Å². The summed E-state index contributed by atoms with van der Waals surface area (Å²) in [6.07, 6.45) is 0.561. The molecule has 0 radical (unpaired) electrons. The minimum atomic E-state index is -1.46. The third-order valence-corrected chi connectivity index (χ3v) is 2.42. The van der Waals surface area contributed by atoms with Gasteiger partial charge in [-0.1, -0.05) is 6.92 Å². The Labute approximate surface area is 91.6 Å². The number of carboxylic acid groups (broad SMARTS) is 1. The first-order valence-electron chi connectivity index (χ1n) is 4.83. The van der Waals surface area contributed by atoms with Crippen LogP contribution in [-0.4, -0.2) is 23.7 Å². The highest BCUT2D eigenvalue weighted by molar-refractivity contribution is 6.40. The maximum Gasteiger partial charge on any atom is 0.377 e. The van der Waals surface area contributed by atoms with Gasteiger partial charge in [0.2, 0.25) is 6.79 Å². The Hall–Kier alpha value is -2.04. The van der Waals surface area contributed by atoms with Crippen molar-refractivity contribution in [1.29, 1.82) is 0 Å². The molecule has 5 heteroatoms. The van der Waals surface area contributed by atoms with Gasteiger partial charge in [0, 0.05) is 5.56 Å². The predicted octanol–water partition coefficient (Wildman–Crippen LogP) is 1.24. The maximum atomic E-state index is 11.4. The van der Waals surface area contributed by atoms with Crippen LogP contribution in [-0.2, 0) is 11.2 Å². The van der Waals surface area contributed by atoms with Crippen LogP contribution in [0, 0.1) is 0 Å². The summed E-state index contributed by atoms with van der Waals surface area (Å²) in [6, 6.07) is 3.08. The Kier molecular flexibility index (Phi) is 2.52. The highest BCUT2D eigenvalue weighted by Crippen LogP contribution is 2.35. The standard InChI is InChI=1S/C11H10O5/c1-2-6-3-8-9(16-5-15-8)4-7(6)10(12)11(13)14/h3-4H,2,5H2,1H3,(H,13,14). The first kappa shape index (κ1) is 10.5. The van der Waals surface area contributed by atoms with E-state index in [9.17, 15) is 9.59 Å². The molecule has 1 aromatic carbocycles. The molecule has 0 saturated heterocycles. The lowest BCUT2D eigenvalue weighted by molar-refractivity contribution is -0.131. The average molecular weight is 222 g/mol. The second-order valence-electron chi connectivity index (χ2n) is 3.35. The number of rotatable bonds is 3. The second-order valence-corrected chi connectivity index (χ2v) is 3.35. The fourth-order valence-electron chi connectivity index (χ4n) is 1.60.